The van der Waals surface area contributed by atoms with Gasteiger partial charge < -0.3 is 10.6 Å². The zero-order chi connectivity index (χ0) is 22.0. The Morgan fingerprint density at radius 3 is 2.24 bits per heavy atom. The summed E-state index contributed by atoms with van der Waals surface area (Å²) in [4.78, 5) is 14.0. The molecule has 1 aliphatic rings. The van der Waals surface area contributed by atoms with Gasteiger partial charge in [-0.05, 0) is 57.6 Å². The van der Waals surface area contributed by atoms with Gasteiger partial charge in [0, 0.05) is 31.6 Å². The highest BCUT2D eigenvalue weighted by Crippen LogP contribution is 2.24. The first-order valence-electron chi connectivity index (χ1n) is 9.71. The standard InChI is InChI=1S/C20H29F3N2O3S/c1-20(2,3)29(27,28)9-6-19(26)25-7-4-13(5-8-25)18(24)11-14-10-16(22)17(23)12-15(14)21/h10,12-13,18H,4-9,11,24H2,1-3H3/t18-/m1/s1. The van der Waals surface area contributed by atoms with Crippen LogP contribution in [0.4, 0.5) is 13.2 Å². The Morgan fingerprint density at radius 2 is 1.69 bits per heavy atom. The summed E-state index contributed by atoms with van der Waals surface area (Å²) >= 11 is 0. The van der Waals surface area contributed by atoms with E-state index in [9.17, 15) is 26.4 Å². The number of nitrogens with two attached hydrogens (primary N) is 1. The van der Waals surface area contributed by atoms with Gasteiger partial charge in [0.1, 0.15) is 5.82 Å². The normalized spacial score (nSPS) is 17.4. The number of hydrogen-bond acceptors (Lipinski definition) is 4. The van der Waals surface area contributed by atoms with Gasteiger partial charge in [0.2, 0.25) is 5.91 Å². The first-order chi connectivity index (χ1) is 13.3. The van der Waals surface area contributed by atoms with Crippen molar-refractivity contribution in [2.75, 3.05) is 18.8 Å². The first kappa shape index (κ1) is 23.7. The molecule has 0 bridgehead atoms. The predicted molar refractivity (Wildman–Crippen MR) is 105 cm³/mol. The van der Waals surface area contributed by atoms with Crippen LogP contribution in [0.15, 0.2) is 12.1 Å². The molecule has 1 atom stereocenters. The second kappa shape index (κ2) is 9.04. The molecule has 0 radical (unpaired) electrons. The first-order valence-corrected chi connectivity index (χ1v) is 11.4. The molecule has 1 heterocycles. The van der Waals surface area contributed by atoms with Gasteiger partial charge in [0.25, 0.3) is 0 Å². The van der Waals surface area contributed by atoms with Gasteiger partial charge >= 0.3 is 0 Å². The lowest BCUT2D eigenvalue weighted by Gasteiger charge is -2.35. The van der Waals surface area contributed by atoms with Crippen LogP contribution in [-0.2, 0) is 21.1 Å². The van der Waals surface area contributed by atoms with Crippen LogP contribution in [-0.4, -0.2) is 48.9 Å². The van der Waals surface area contributed by atoms with Crippen molar-refractivity contribution in [3.8, 4) is 0 Å². The van der Waals surface area contributed by atoms with Crippen molar-refractivity contribution in [2.45, 2.75) is 57.2 Å². The molecule has 1 aromatic carbocycles. The molecule has 1 saturated heterocycles. The van der Waals surface area contributed by atoms with E-state index in [0.717, 1.165) is 6.07 Å². The summed E-state index contributed by atoms with van der Waals surface area (Å²) in [6.45, 7) is 5.70. The second-order valence-electron chi connectivity index (χ2n) is 8.63. The third-order valence-corrected chi connectivity index (χ3v) is 8.17. The van der Waals surface area contributed by atoms with Crippen LogP contribution in [0.1, 0.15) is 45.6 Å². The number of amides is 1. The number of rotatable bonds is 6. The van der Waals surface area contributed by atoms with Gasteiger partial charge in [-0.25, -0.2) is 21.6 Å². The minimum absolute atomic E-state index is 0.00451. The van der Waals surface area contributed by atoms with E-state index < -0.39 is 38.1 Å². The van der Waals surface area contributed by atoms with E-state index in [4.69, 9.17) is 5.73 Å². The summed E-state index contributed by atoms with van der Waals surface area (Å²) < 4.78 is 63.6. The van der Waals surface area contributed by atoms with Crippen LogP contribution >= 0.6 is 0 Å². The van der Waals surface area contributed by atoms with E-state index >= 15 is 0 Å². The van der Waals surface area contributed by atoms with E-state index in [2.05, 4.69) is 0 Å². The number of carbonyl (C=O) groups is 1. The van der Waals surface area contributed by atoms with Crippen molar-refractivity contribution in [1.82, 2.24) is 4.90 Å². The van der Waals surface area contributed by atoms with Crippen LogP contribution in [0.2, 0.25) is 0 Å². The Hall–Kier alpha value is -1.61. The van der Waals surface area contributed by atoms with Crippen molar-refractivity contribution >= 4 is 15.7 Å². The maximum Gasteiger partial charge on any atom is 0.223 e. The minimum Gasteiger partial charge on any atom is -0.343 e. The largest absolute Gasteiger partial charge is 0.343 e. The average molecular weight is 435 g/mol. The maximum absolute atomic E-state index is 13.8. The van der Waals surface area contributed by atoms with Crippen LogP contribution in [0.25, 0.3) is 0 Å². The summed E-state index contributed by atoms with van der Waals surface area (Å²) in [5.41, 5.74) is 6.19. The van der Waals surface area contributed by atoms with Crippen LogP contribution in [0, 0.1) is 23.4 Å². The molecule has 0 spiro atoms. The third-order valence-electron chi connectivity index (χ3n) is 5.56. The molecule has 1 aromatic rings. The minimum atomic E-state index is -3.36. The molecule has 5 nitrogen and oxygen atoms in total. The molecule has 2 rings (SSSR count). The van der Waals surface area contributed by atoms with Gasteiger partial charge in [0.05, 0.1) is 10.5 Å². The Labute approximate surface area is 170 Å². The summed E-state index contributed by atoms with van der Waals surface area (Å²) in [5.74, 6) is -3.57. The van der Waals surface area contributed by atoms with Crippen LogP contribution < -0.4 is 5.73 Å². The molecule has 0 saturated carbocycles. The SMILES string of the molecule is CC(C)(C)S(=O)(=O)CCC(=O)N1CCC([C@H](N)Cc2cc(F)c(F)cc2F)CC1. The van der Waals surface area contributed by atoms with Crippen molar-refractivity contribution in [3.63, 3.8) is 0 Å². The molecular formula is C20H29F3N2O3S. The highest BCUT2D eigenvalue weighted by Gasteiger charge is 2.31. The fourth-order valence-electron chi connectivity index (χ4n) is 3.40. The molecule has 2 N–H and O–H groups in total. The summed E-state index contributed by atoms with van der Waals surface area (Å²) in [6.07, 6.45) is 1.19. The van der Waals surface area contributed by atoms with Crippen LogP contribution in [0.5, 0.6) is 0 Å². The Balaban J connectivity index is 1.87. The zero-order valence-electron chi connectivity index (χ0n) is 17.1. The van der Waals surface area contributed by atoms with Gasteiger partial charge in [-0.3, -0.25) is 4.79 Å². The maximum atomic E-state index is 13.8. The molecule has 0 aromatic heterocycles. The van der Waals surface area contributed by atoms with Crippen molar-refractivity contribution in [1.29, 1.82) is 0 Å². The highest BCUT2D eigenvalue weighted by molar-refractivity contribution is 7.92. The quantitative estimate of drug-likeness (QED) is 0.699. The van der Waals surface area contributed by atoms with Crippen LogP contribution in [0.3, 0.4) is 0 Å². The second-order valence-corrected chi connectivity index (χ2v) is 11.5. The smallest absolute Gasteiger partial charge is 0.223 e. The Kier molecular flexibility index (Phi) is 7.37. The van der Waals surface area contributed by atoms with Gasteiger partial charge in [-0.15, -0.1) is 0 Å². The van der Waals surface area contributed by atoms with Crippen molar-refractivity contribution in [3.05, 3.63) is 35.1 Å². The lowest BCUT2D eigenvalue weighted by Crippen LogP contribution is -2.44. The Morgan fingerprint density at radius 1 is 1.14 bits per heavy atom. The fraction of sp³-hybridized carbons (Fsp3) is 0.650. The van der Waals surface area contributed by atoms with Gasteiger partial charge in [-0.2, -0.15) is 0 Å². The molecule has 164 valence electrons. The van der Waals surface area contributed by atoms with Gasteiger partial charge in [-0.1, -0.05) is 0 Å². The molecule has 29 heavy (non-hydrogen) atoms. The van der Waals surface area contributed by atoms with E-state index in [1.807, 2.05) is 0 Å². The molecule has 1 fully saturated rings. The molecular weight excluding hydrogens is 405 g/mol. The monoisotopic (exact) mass is 434 g/mol. The number of hydrogen-bond donors (Lipinski definition) is 1. The lowest BCUT2D eigenvalue weighted by atomic mass is 9.86. The Bertz CT molecular complexity index is 845. The number of likely N-dealkylation sites (tertiary alicyclic amines) is 1. The number of carbonyl (C=O) groups excluding carboxylic acids is 1. The summed E-state index contributed by atoms with van der Waals surface area (Å²) in [7, 11) is -3.36. The summed E-state index contributed by atoms with van der Waals surface area (Å²) in [5, 5.41) is 0. The molecule has 1 aliphatic heterocycles. The summed E-state index contributed by atoms with van der Waals surface area (Å²) in [6, 6.07) is 0.899. The lowest BCUT2D eigenvalue weighted by molar-refractivity contribution is -0.132. The topological polar surface area (TPSA) is 80.5 Å². The van der Waals surface area contributed by atoms with E-state index in [1.165, 1.54) is 0 Å². The fourth-order valence-corrected chi connectivity index (χ4v) is 4.46. The molecule has 0 unspecified atom stereocenters. The van der Waals surface area contributed by atoms with Crippen molar-refractivity contribution < 1.29 is 26.4 Å². The number of halogens is 3. The zero-order valence-corrected chi connectivity index (χ0v) is 17.9. The third kappa shape index (κ3) is 5.94. The average Bonchev–Trinajstić information content (AvgIpc) is 2.63. The number of benzene rings is 1. The van der Waals surface area contributed by atoms with Crippen molar-refractivity contribution in [2.24, 2.45) is 11.7 Å². The molecule has 0 aliphatic carbocycles. The predicted octanol–water partition coefficient (Wildman–Crippen LogP) is 2.82. The number of sulfone groups is 1. The molecule has 1 amide bonds. The molecule has 9 heteroatoms. The number of nitrogens with zero attached hydrogens (tertiary/aromatic N) is 1. The van der Waals surface area contributed by atoms with E-state index in [1.54, 1.807) is 25.7 Å². The van der Waals surface area contributed by atoms with E-state index in [-0.39, 0.29) is 36.0 Å². The van der Waals surface area contributed by atoms with E-state index in [0.29, 0.717) is 32.0 Å². The highest BCUT2D eigenvalue weighted by atomic mass is 32.2. The van der Waals surface area contributed by atoms with Gasteiger partial charge in [0.15, 0.2) is 21.5 Å². The number of piperidine rings is 1.